The zero-order chi connectivity index (χ0) is 12.9. The summed E-state index contributed by atoms with van der Waals surface area (Å²) in [5.41, 5.74) is 1.09. The van der Waals surface area contributed by atoms with Crippen LogP contribution in [0, 0.1) is 16.7 Å². The Bertz CT molecular complexity index is 240. The molecule has 0 amide bonds. The van der Waals surface area contributed by atoms with Crippen LogP contribution in [0.2, 0.25) is 0 Å². The topological polar surface area (TPSA) is 12.0 Å². The molecule has 100 valence electrons. The summed E-state index contributed by atoms with van der Waals surface area (Å²) >= 11 is 0. The van der Waals surface area contributed by atoms with Crippen molar-refractivity contribution in [1.29, 1.82) is 0 Å². The Morgan fingerprint density at radius 3 is 2.53 bits per heavy atom. The van der Waals surface area contributed by atoms with Crippen LogP contribution in [0.4, 0.5) is 0 Å². The maximum atomic E-state index is 3.75. The molecule has 0 heterocycles. The largest absolute Gasteiger partial charge is 0.316 e. The van der Waals surface area contributed by atoms with Crippen molar-refractivity contribution in [2.24, 2.45) is 16.7 Å². The van der Waals surface area contributed by atoms with E-state index in [1.54, 1.807) is 0 Å². The van der Waals surface area contributed by atoms with Crippen molar-refractivity contribution in [3.05, 3.63) is 12.7 Å². The molecule has 1 unspecified atom stereocenters. The number of nitrogens with one attached hydrogen (secondary N) is 1. The van der Waals surface area contributed by atoms with Crippen molar-refractivity contribution in [1.82, 2.24) is 5.32 Å². The minimum absolute atomic E-state index is 0.537. The third-order valence-corrected chi connectivity index (χ3v) is 4.55. The Labute approximate surface area is 108 Å². The molecule has 0 bridgehead atoms. The summed E-state index contributed by atoms with van der Waals surface area (Å²) in [4.78, 5) is 0. The third-order valence-electron chi connectivity index (χ3n) is 4.55. The van der Waals surface area contributed by atoms with E-state index in [4.69, 9.17) is 0 Å². The Hall–Kier alpha value is -0.300. The molecule has 1 heteroatoms. The molecule has 1 rings (SSSR count). The molecule has 0 saturated heterocycles. The molecule has 1 nitrogen and oxygen atoms in total. The molecule has 0 aliphatic heterocycles. The number of hydrogen-bond donors (Lipinski definition) is 1. The molecule has 17 heavy (non-hydrogen) atoms. The van der Waals surface area contributed by atoms with Gasteiger partial charge in [0.2, 0.25) is 0 Å². The van der Waals surface area contributed by atoms with Crippen molar-refractivity contribution in [2.75, 3.05) is 13.1 Å². The van der Waals surface area contributed by atoms with Gasteiger partial charge in [-0.15, -0.1) is 6.58 Å². The van der Waals surface area contributed by atoms with E-state index in [1.807, 2.05) is 6.08 Å². The van der Waals surface area contributed by atoms with E-state index in [0.29, 0.717) is 10.8 Å². The lowest BCUT2D eigenvalue weighted by molar-refractivity contribution is 0.0496. The maximum absolute atomic E-state index is 3.75. The fraction of sp³-hybridized carbons (Fsp3) is 0.875. The van der Waals surface area contributed by atoms with E-state index < -0.39 is 0 Å². The van der Waals surface area contributed by atoms with Gasteiger partial charge in [-0.25, -0.2) is 0 Å². The Morgan fingerprint density at radius 1 is 1.18 bits per heavy atom. The van der Waals surface area contributed by atoms with E-state index in [0.717, 1.165) is 25.4 Å². The summed E-state index contributed by atoms with van der Waals surface area (Å²) in [5, 5.41) is 3.53. The molecule has 1 aliphatic carbocycles. The highest BCUT2D eigenvalue weighted by atomic mass is 14.8. The Morgan fingerprint density at radius 2 is 1.88 bits per heavy atom. The molecule has 0 aromatic carbocycles. The van der Waals surface area contributed by atoms with Crippen LogP contribution < -0.4 is 5.32 Å². The standard InChI is InChI=1S/C16H31N/c1-6-7-11-17-12-8-14-13-15(2,3)9-10-16(14,4)5/h6,14,17H,1,7-13H2,2-5H3. The maximum Gasteiger partial charge on any atom is -0.00144 e. The van der Waals surface area contributed by atoms with Crippen LogP contribution in [0.15, 0.2) is 12.7 Å². The predicted molar refractivity (Wildman–Crippen MR) is 77.2 cm³/mol. The smallest absolute Gasteiger partial charge is 0.00144 e. The van der Waals surface area contributed by atoms with Crippen LogP contribution in [0.5, 0.6) is 0 Å². The molecule has 1 N–H and O–H groups in total. The first-order valence-corrected chi connectivity index (χ1v) is 7.19. The second kappa shape index (κ2) is 6.04. The van der Waals surface area contributed by atoms with Gasteiger partial charge < -0.3 is 5.32 Å². The fourth-order valence-corrected chi connectivity index (χ4v) is 3.01. The average Bonchev–Trinajstić information content (AvgIpc) is 2.23. The van der Waals surface area contributed by atoms with Crippen molar-refractivity contribution in [2.45, 2.75) is 59.8 Å². The summed E-state index contributed by atoms with van der Waals surface area (Å²) in [6, 6.07) is 0. The van der Waals surface area contributed by atoms with Crippen LogP contribution in [0.25, 0.3) is 0 Å². The van der Waals surface area contributed by atoms with E-state index in [1.165, 1.54) is 25.7 Å². The highest BCUT2D eigenvalue weighted by Crippen LogP contribution is 2.49. The normalized spacial score (nSPS) is 26.7. The van der Waals surface area contributed by atoms with Gasteiger partial charge in [-0.3, -0.25) is 0 Å². The van der Waals surface area contributed by atoms with Crippen molar-refractivity contribution < 1.29 is 0 Å². The number of hydrogen-bond acceptors (Lipinski definition) is 1. The first kappa shape index (κ1) is 14.8. The highest BCUT2D eigenvalue weighted by Gasteiger charge is 2.39. The zero-order valence-corrected chi connectivity index (χ0v) is 12.3. The van der Waals surface area contributed by atoms with Crippen LogP contribution in [0.1, 0.15) is 59.8 Å². The summed E-state index contributed by atoms with van der Waals surface area (Å²) < 4.78 is 0. The highest BCUT2D eigenvalue weighted by molar-refractivity contribution is 4.90. The Kier molecular flexibility index (Phi) is 5.24. The van der Waals surface area contributed by atoms with Gasteiger partial charge in [-0.1, -0.05) is 33.8 Å². The summed E-state index contributed by atoms with van der Waals surface area (Å²) in [6.45, 7) is 15.8. The first-order valence-electron chi connectivity index (χ1n) is 7.19. The molecule has 0 aromatic heterocycles. The van der Waals surface area contributed by atoms with Crippen LogP contribution in [-0.4, -0.2) is 13.1 Å². The summed E-state index contributed by atoms with van der Waals surface area (Å²) in [7, 11) is 0. The van der Waals surface area contributed by atoms with Crippen molar-refractivity contribution in [3.8, 4) is 0 Å². The molecule has 0 radical (unpaired) electrons. The monoisotopic (exact) mass is 237 g/mol. The second-order valence-corrected chi connectivity index (χ2v) is 7.17. The Balaban J connectivity index is 2.35. The minimum atomic E-state index is 0.537. The molecule has 1 saturated carbocycles. The first-order chi connectivity index (χ1) is 7.87. The van der Waals surface area contributed by atoms with Gasteiger partial charge in [-0.05, 0) is 61.9 Å². The number of rotatable bonds is 6. The molecule has 0 spiro atoms. The van der Waals surface area contributed by atoms with Gasteiger partial charge in [0.25, 0.3) is 0 Å². The van der Waals surface area contributed by atoms with Gasteiger partial charge in [0, 0.05) is 0 Å². The van der Waals surface area contributed by atoms with Gasteiger partial charge in [0.1, 0.15) is 0 Å². The SMILES string of the molecule is C=CCCNCCC1CC(C)(C)CCC1(C)C. The fourth-order valence-electron chi connectivity index (χ4n) is 3.01. The van der Waals surface area contributed by atoms with Crippen LogP contribution in [-0.2, 0) is 0 Å². The molecule has 1 aliphatic rings. The molecular formula is C16H31N. The predicted octanol–water partition coefficient (Wildman–Crippen LogP) is 4.39. The lowest BCUT2D eigenvalue weighted by Crippen LogP contribution is -2.37. The van der Waals surface area contributed by atoms with Gasteiger partial charge >= 0.3 is 0 Å². The molecule has 1 atom stereocenters. The van der Waals surface area contributed by atoms with Crippen molar-refractivity contribution in [3.63, 3.8) is 0 Å². The lowest BCUT2D eigenvalue weighted by atomic mass is 9.60. The molecule has 0 aromatic rings. The van der Waals surface area contributed by atoms with Crippen molar-refractivity contribution >= 4 is 0 Å². The van der Waals surface area contributed by atoms with Gasteiger partial charge in [0.15, 0.2) is 0 Å². The van der Waals surface area contributed by atoms with E-state index in [-0.39, 0.29) is 0 Å². The van der Waals surface area contributed by atoms with Gasteiger partial charge in [0.05, 0.1) is 0 Å². The summed E-state index contributed by atoms with van der Waals surface area (Å²) in [5.74, 6) is 0.877. The lowest BCUT2D eigenvalue weighted by Gasteiger charge is -2.46. The van der Waals surface area contributed by atoms with E-state index in [2.05, 4.69) is 39.6 Å². The van der Waals surface area contributed by atoms with Crippen LogP contribution in [0.3, 0.4) is 0 Å². The van der Waals surface area contributed by atoms with E-state index >= 15 is 0 Å². The van der Waals surface area contributed by atoms with Crippen LogP contribution >= 0.6 is 0 Å². The third kappa shape index (κ3) is 4.83. The molecular weight excluding hydrogens is 206 g/mol. The van der Waals surface area contributed by atoms with Gasteiger partial charge in [-0.2, -0.15) is 0 Å². The van der Waals surface area contributed by atoms with E-state index in [9.17, 15) is 0 Å². The average molecular weight is 237 g/mol. The second-order valence-electron chi connectivity index (χ2n) is 7.17. The minimum Gasteiger partial charge on any atom is -0.316 e. The quantitative estimate of drug-likeness (QED) is 0.533. The summed E-state index contributed by atoms with van der Waals surface area (Å²) in [6.07, 6.45) is 8.56. The zero-order valence-electron chi connectivity index (χ0n) is 12.3. The molecule has 1 fully saturated rings.